The maximum atomic E-state index is 11.4. The molecule has 2 fully saturated rings. The lowest BCUT2D eigenvalue weighted by atomic mass is 9.87. The molecule has 0 aliphatic heterocycles. The zero-order chi connectivity index (χ0) is 8.28. The van der Waals surface area contributed by atoms with Gasteiger partial charge in [0.25, 0.3) is 0 Å². The summed E-state index contributed by atoms with van der Waals surface area (Å²) in [5.41, 5.74) is -1.03. The summed E-state index contributed by atoms with van der Waals surface area (Å²) in [6, 6.07) is 0. The lowest BCUT2D eigenvalue weighted by Crippen LogP contribution is -2.35. The number of rotatable bonds is 0. The summed E-state index contributed by atoms with van der Waals surface area (Å²) in [6.45, 7) is 3.86. The van der Waals surface area contributed by atoms with E-state index in [4.69, 9.17) is 0 Å². The van der Waals surface area contributed by atoms with Crippen molar-refractivity contribution in [2.45, 2.75) is 38.7 Å². The average molecular weight is 154 g/mol. The van der Waals surface area contributed by atoms with Crippen LogP contribution in [0.15, 0.2) is 0 Å². The fraction of sp³-hybridized carbons (Fsp3) is 0.889. The second-order valence-electron chi connectivity index (χ2n) is 4.27. The van der Waals surface area contributed by atoms with Crippen LogP contribution >= 0.6 is 0 Å². The Hall–Kier alpha value is -0.370. The van der Waals surface area contributed by atoms with Crippen LogP contribution in [0.2, 0.25) is 0 Å². The zero-order valence-corrected chi connectivity index (χ0v) is 7.05. The Balaban J connectivity index is 2.36. The number of carbonyl (C=O) groups excluding carboxylic acids is 1. The van der Waals surface area contributed by atoms with Gasteiger partial charge in [-0.25, -0.2) is 0 Å². The molecule has 0 bridgehead atoms. The van der Waals surface area contributed by atoms with Gasteiger partial charge in [0, 0.05) is 6.42 Å². The van der Waals surface area contributed by atoms with Crippen molar-refractivity contribution in [2.75, 3.05) is 0 Å². The summed E-state index contributed by atoms with van der Waals surface area (Å²) >= 11 is 0. The molecule has 62 valence electrons. The van der Waals surface area contributed by atoms with Gasteiger partial charge in [-0.1, -0.05) is 6.92 Å². The molecule has 0 aromatic rings. The van der Waals surface area contributed by atoms with Gasteiger partial charge in [0.05, 0.1) is 11.0 Å². The third-order valence-corrected chi connectivity index (χ3v) is 3.61. The highest BCUT2D eigenvalue weighted by Gasteiger charge is 2.69. The van der Waals surface area contributed by atoms with Crippen LogP contribution in [-0.2, 0) is 4.79 Å². The molecule has 2 heteroatoms. The number of aliphatic hydroxyl groups is 1. The number of Topliss-reactive ketones (excluding diaryl/α,β-unsaturated/α-hetero) is 1. The van der Waals surface area contributed by atoms with Gasteiger partial charge < -0.3 is 5.11 Å². The van der Waals surface area contributed by atoms with Crippen LogP contribution in [0.4, 0.5) is 0 Å². The van der Waals surface area contributed by atoms with Crippen LogP contribution in [0, 0.1) is 11.3 Å². The number of ketones is 1. The van der Waals surface area contributed by atoms with Crippen LogP contribution in [-0.4, -0.2) is 16.5 Å². The summed E-state index contributed by atoms with van der Waals surface area (Å²) in [4.78, 5) is 11.4. The molecule has 2 nitrogen and oxygen atoms in total. The van der Waals surface area contributed by atoms with Crippen molar-refractivity contribution in [1.29, 1.82) is 0 Å². The Kier molecular flexibility index (Phi) is 1.12. The summed E-state index contributed by atoms with van der Waals surface area (Å²) in [5.74, 6) is 0.697. The lowest BCUT2D eigenvalue weighted by molar-refractivity contribution is -0.127. The monoisotopic (exact) mass is 154 g/mol. The highest BCUT2D eigenvalue weighted by Crippen LogP contribution is 2.65. The molecule has 2 aliphatic rings. The molecule has 0 amide bonds. The first-order valence-electron chi connectivity index (χ1n) is 4.26. The fourth-order valence-electron chi connectivity index (χ4n) is 2.67. The molecule has 11 heavy (non-hydrogen) atoms. The normalized spacial score (nSPS) is 55.5. The minimum Gasteiger partial charge on any atom is -0.389 e. The van der Waals surface area contributed by atoms with Crippen LogP contribution in [0.25, 0.3) is 0 Å². The Labute approximate surface area is 66.6 Å². The molecular weight excluding hydrogens is 140 g/mol. The highest BCUT2D eigenvalue weighted by atomic mass is 16.3. The molecule has 0 radical (unpaired) electrons. The van der Waals surface area contributed by atoms with Crippen molar-refractivity contribution < 1.29 is 9.90 Å². The van der Waals surface area contributed by atoms with E-state index in [2.05, 4.69) is 6.92 Å². The second kappa shape index (κ2) is 1.69. The minimum atomic E-state index is -0.705. The number of hydrogen-bond acceptors (Lipinski definition) is 2. The van der Waals surface area contributed by atoms with Crippen molar-refractivity contribution in [3.05, 3.63) is 0 Å². The van der Waals surface area contributed by atoms with E-state index in [9.17, 15) is 9.90 Å². The second-order valence-corrected chi connectivity index (χ2v) is 4.27. The van der Waals surface area contributed by atoms with Crippen molar-refractivity contribution >= 4 is 5.78 Å². The smallest absolute Gasteiger partial charge is 0.142 e. The molecule has 0 heterocycles. The Morgan fingerprint density at radius 1 is 1.64 bits per heavy atom. The molecular formula is C9H14O2. The Morgan fingerprint density at radius 2 is 2.18 bits per heavy atom. The van der Waals surface area contributed by atoms with E-state index in [1.54, 1.807) is 6.92 Å². The predicted molar refractivity (Wildman–Crippen MR) is 41.1 cm³/mol. The molecule has 1 spiro atoms. The van der Waals surface area contributed by atoms with Gasteiger partial charge in [-0.3, -0.25) is 4.79 Å². The van der Waals surface area contributed by atoms with Gasteiger partial charge in [0.15, 0.2) is 0 Å². The molecule has 2 saturated carbocycles. The van der Waals surface area contributed by atoms with Crippen molar-refractivity contribution in [3.8, 4) is 0 Å². The van der Waals surface area contributed by atoms with Gasteiger partial charge in [-0.05, 0) is 25.7 Å². The van der Waals surface area contributed by atoms with E-state index in [-0.39, 0.29) is 11.2 Å². The first-order chi connectivity index (χ1) is 5.01. The Morgan fingerprint density at radius 3 is 2.36 bits per heavy atom. The molecule has 2 rings (SSSR count). The molecule has 1 N–H and O–H groups in total. The Bertz CT molecular complexity index is 220. The average Bonchev–Trinajstić information content (AvgIpc) is 2.53. The molecule has 1 unspecified atom stereocenters. The molecule has 3 atom stereocenters. The van der Waals surface area contributed by atoms with E-state index >= 15 is 0 Å². The molecule has 2 aliphatic carbocycles. The SMILES string of the molecule is CC1C[C@@]12C(=O)CC[C@]2(C)O. The highest BCUT2D eigenvalue weighted by molar-refractivity contribution is 5.91. The number of hydrogen-bond donors (Lipinski definition) is 1. The quantitative estimate of drug-likeness (QED) is 0.568. The van der Waals surface area contributed by atoms with E-state index in [0.29, 0.717) is 18.8 Å². The molecule has 0 saturated heterocycles. The third-order valence-electron chi connectivity index (χ3n) is 3.61. The van der Waals surface area contributed by atoms with Gasteiger partial charge >= 0.3 is 0 Å². The maximum Gasteiger partial charge on any atom is 0.142 e. The van der Waals surface area contributed by atoms with Crippen LogP contribution < -0.4 is 0 Å². The number of carbonyl (C=O) groups is 1. The summed E-state index contributed by atoms with van der Waals surface area (Å²) < 4.78 is 0. The van der Waals surface area contributed by atoms with E-state index in [1.165, 1.54) is 0 Å². The zero-order valence-electron chi connectivity index (χ0n) is 7.05. The summed E-state index contributed by atoms with van der Waals surface area (Å²) in [6.07, 6.45) is 2.15. The maximum absolute atomic E-state index is 11.4. The van der Waals surface area contributed by atoms with Gasteiger partial charge in [0.1, 0.15) is 5.78 Å². The fourth-order valence-corrected chi connectivity index (χ4v) is 2.67. The van der Waals surface area contributed by atoms with Gasteiger partial charge in [-0.2, -0.15) is 0 Å². The third kappa shape index (κ3) is 0.639. The first-order valence-corrected chi connectivity index (χ1v) is 4.26. The van der Waals surface area contributed by atoms with E-state index < -0.39 is 5.60 Å². The van der Waals surface area contributed by atoms with Gasteiger partial charge in [-0.15, -0.1) is 0 Å². The van der Waals surface area contributed by atoms with Crippen LogP contribution in [0.1, 0.15) is 33.1 Å². The van der Waals surface area contributed by atoms with Crippen LogP contribution in [0.3, 0.4) is 0 Å². The summed E-state index contributed by atoms with van der Waals surface area (Å²) in [5, 5.41) is 9.90. The largest absolute Gasteiger partial charge is 0.389 e. The molecule has 0 aromatic carbocycles. The van der Waals surface area contributed by atoms with Crippen molar-refractivity contribution in [1.82, 2.24) is 0 Å². The van der Waals surface area contributed by atoms with E-state index in [1.807, 2.05) is 0 Å². The van der Waals surface area contributed by atoms with Crippen LogP contribution in [0.5, 0.6) is 0 Å². The van der Waals surface area contributed by atoms with Crippen molar-refractivity contribution in [3.63, 3.8) is 0 Å². The molecule has 0 aromatic heterocycles. The summed E-state index contributed by atoms with van der Waals surface area (Å²) in [7, 11) is 0. The van der Waals surface area contributed by atoms with E-state index in [0.717, 1.165) is 6.42 Å². The standard InChI is InChI=1S/C9H14O2/c1-6-5-9(6)7(10)3-4-8(9,2)11/h6,11H,3-5H2,1-2H3/t6?,8-,9-/m0/s1. The van der Waals surface area contributed by atoms with Crippen molar-refractivity contribution in [2.24, 2.45) is 11.3 Å². The lowest BCUT2D eigenvalue weighted by Gasteiger charge is -2.24. The topological polar surface area (TPSA) is 37.3 Å². The minimum absolute atomic E-state index is 0.287. The van der Waals surface area contributed by atoms with Gasteiger partial charge in [0.2, 0.25) is 0 Å². The predicted octanol–water partition coefficient (Wildman–Crippen LogP) is 1.13. The first kappa shape index (κ1) is 7.29.